The zero-order valence-electron chi connectivity index (χ0n) is 17.5. The number of anilines is 1. The molecule has 2 saturated heterocycles. The van der Waals surface area contributed by atoms with Crippen molar-refractivity contribution in [1.82, 2.24) is 9.62 Å². The van der Waals surface area contributed by atoms with Crippen molar-refractivity contribution in [2.45, 2.75) is 43.5 Å². The molecule has 2 aromatic rings. The van der Waals surface area contributed by atoms with Crippen molar-refractivity contribution in [1.29, 1.82) is 0 Å². The molecule has 1 amide bonds. The van der Waals surface area contributed by atoms with Gasteiger partial charge < -0.3 is 10.2 Å². The molecular formula is C23H28FN3O3S. The Balaban J connectivity index is 1.63. The Bertz CT molecular complexity index is 1050. The minimum atomic E-state index is -3.66. The van der Waals surface area contributed by atoms with E-state index in [1.165, 1.54) is 16.4 Å². The summed E-state index contributed by atoms with van der Waals surface area (Å²) in [5, 5.41) is 2.76. The molecule has 0 aliphatic carbocycles. The SMILES string of the molecule is O=C(NCc1ccccc1F)c1cc(S(=O)(=O)N2CCCCC2)ccc1N1CCCC1. The van der Waals surface area contributed by atoms with E-state index in [0.717, 1.165) is 50.9 Å². The maximum Gasteiger partial charge on any atom is 0.253 e. The summed E-state index contributed by atoms with van der Waals surface area (Å²) in [5.41, 5.74) is 1.42. The van der Waals surface area contributed by atoms with Crippen LogP contribution >= 0.6 is 0 Å². The summed E-state index contributed by atoms with van der Waals surface area (Å²) in [6.07, 6.45) is 4.79. The molecule has 0 saturated carbocycles. The smallest absolute Gasteiger partial charge is 0.253 e. The molecule has 2 aromatic carbocycles. The molecule has 0 spiro atoms. The van der Waals surface area contributed by atoms with E-state index < -0.39 is 15.9 Å². The first-order valence-corrected chi connectivity index (χ1v) is 12.3. The molecule has 6 nitrogen and oxygen atoms in total. The molecule has 2 aliphatic rings. The van der Waals surface area contributed by atoms with Gasteiger partial charge in [0.2, 0.25) is 10.0 Å². The van der Waals surface area contributed by atoms with E-state index in [9.17, 15) is 17.6 Å². The van der Waals surface area contributed by atoms with E-state index >= 15 is 0 Å². The number of rotatable bonds is 6. The molecule has 1 N–H and O–H groups in total. The van der Waals surface area contributed by atoms with Gasteiger partial charge in [0, 0.05) is 44.0 Å². The third kappa shape index (κ3) is 4.75. The van der Waals surface area contributed by atoms with E-state index in [1.54, 1.807) is 30.3 Å². The second-order valence-electron chi connectivity index (χ2n) is 8.11. The Labute approximate surface area is 183 Å². The zero-order chi connectivity index (χ0) is 21.8. The lowest BCUT2D eigenvalue weighted by Crippen LogP contribution is -2.36. The van der Waals surface area contributed by atoms with E-state index in [4.69, 9.17) is 0 Å². The first-order valence-electron chi connectivity index (χ1n) is 10.9. The summed E-state index contributed by atoms with van der Waals surface area (Å²) in [4.78, 5) is 15.3. The minimum absolute atomic E-state index is 0.0358. The van der Waals surface area contributed by atoms with Gasteiger partial charge in [-0.1, -0.05) is 24.6 Å². The fraction of sp³-hybridized carbons (Fsp3) is 0.435. The summed E-state index contributed by atoms with van der Waals surface area (Å²) in [6.45, 7) is 2.70. The molecule has 166 valence electrons. The number of benzene rings is 2. The summed E-state index contributed by atoms with van der Waals surface area (Å²) < 4.78 is 41.8. The lowest BCUT2D eigenvalue weighted by Gasteiger charge is -2.27. The number of hydrogen-bond donors (Lipinski definition) is 1. The van der Waals surface area contributed by atoms with Crippen LogP contribution in [0.3, 0.4) is 0 Å². The van der Waals surface area contributed by atoms with Crippen molar-refractivity contribution in [2.75, 3.05) is 31.1 Å². The van der Waals surface area contributed by atoms with Crippen LogP contribution in [-0.4, -0.2) is 44.8 Å². The standard InChI is InChI=1S/C23H28FN3O3S/c24-21-9-3-2-8-18(21)17-25-23(28)20-16-19(10-11-22(20)26-12-6-7-13-26)31(29,30)27-14-4-1-5-15-27/h2-3,8-11,16H,1,4-7,12-15,17H2,(H,25,28). The number of hydrogen-bond acceptors (Lipinski definition) is 4. The Hall–Kier alpha value is -2.45. The van der Waals surface area contributed by atoms with Crippen LogP contribution in [0.1, 0.15) is 48.0 Å². The minimum Gasteiger partial charge on any atom is -0.371 e. The Morgan fingerprint density at radius 2 is 1.61 bits per heavy atom. The topological polar surface area (TPSA) is 69.7 Å². The highest BCUT2D eigenvalue weighted by atomic mass is 32.2. The lowest BCUT2D eigenvalue weighted by molar-refractivity contribution is 0.0951. The van der Waals surface area contributed by atoms with Crippen LogP contribution < -0.4 is 10.2 Å². The number of carbonyl (C=O) groups excluding carboxylic acids is 1. The van der Waals surface area contributed by atoms with Crippen molar-refractivity contribution in [3.8, 4) is 0 Å². The summed E-state index contributed by atoms with van der Waals surface area (Å²) in [6, 6.07) is 11.1. The number of nitrogens with zero attached hydrogens (tertiary/aromatic N) is 2. The lowest BCUT2D eigenvalue weighted by atomic mass is 10.1. The highest BCUT2D eigenvalue weighted by Crippen LogP contribution is 2.29. The monoisotopic (exact) mass is 445 g/mol. The van der Waals surface area contributed by atoms with Gasteiger partial charge in [-0.05, 0) is 49.9 Å². The third-order valence-electron chi connectivity index (χ3n) is 6.01. The summed E-state index contributed by atoms with van der Waals surface area (Å²) in [7, 11) is -3.66. The van der Waals surface area contributed by atoms with Crippen molar-refractivity contribution < 1.29 is 17.6 Å². The van der Waals surface area contributed by atoms with Crippen LogP contribution in [-0.2, 0) is 16.6 Å². The van der Waals surface area contributed by atoms with Gasteiger partial charge in [-0.25, -0.2) is 12.8 Å². The van der Waals surface area contributed by atoms with Gasteiger partial charge in [0.1, 0.15) is 5.82 Å². The number of piperidine rings is 1. The molecule has 0 atom stereocenters. The van der Waals surface area contributed by atoms with Gasteiger partial charge in [0.05, 0.1) is 10.5 Å². The quantitative estimate of drug-likeness (QED) is 0.739. The first kappa shape index (κ1) is 21.8. The number of amides is 1. The third-order valence-corrected chi connectivity index (χ3v) is 7.90. The van der Waals surface area contributed by atoms with Crippen LogP contribution in [0, 0.1) is 5.82 Å². The van der Waals surface area contributed by atoms with E-state index in [1.807, 2.05) is 0 Å². The number of nitrogens with one attached hydrogen (secondary N) is 1. The molecule has 4 rings (SSSR count). The highest BCUT2D eigenvalue weighted by molar-refractivity contribution is 7.89. The van der Waals surface area contributed by atoms with Crippen LogP contribution in [0.25, 0.3) is 0 Å². The second kappa shape index (κ2) is 9.36. The average molecular weight is 446 g/mol. The molecule has 0 aromatic heterocycles. The normalized spacial score (nSPS) is 17.6. The maximum atomic E-state index is 13.9. The number of carbonyl (C=O) groups is 1. The molecule has 31 heavy (non-hydrogen) atoms. The average Bonchev–Trinajstić information content (AvgIpc) is 3.33. The van der Waals surface area contributed by atoms with E-state index in [-0.39, 0.29) is 17.3 Å². The van der Waals surface area contributed by atoms with Crippen molar-refractivity contribution in [2.24, 2.45) is 0 Å². The van der Waals surface area contributed by atoms with E-state index in [0.29, 0.717) is 24.2 Å². The predicted molar refractivity (Wildman–Crippen MR) is 118 cm³/mol. The molecule has 0 radical (unpaired) electrons. The van der Waals surface area contributed by atoms with E-state index in [2.05, 4.69) is 10.2 Å². The van der Waals surface area contributed by atoms with Gasteiger partial charge in [-0.3, -0.25) is 4.79 Å². The van der Waals surface area contributed by atoms with Gasteiger partial charge in [-0.2, -0.15) is 4.31 Å². The first-order chi connectivity index (χ1) is 15.0. The number of halogens is 1. The number of sulfonamides is 1. The fourth-order valence-electron chi connectivity index (χ4n) is 4.26. The second-order valence-corrected chi connectivity index (χ2v) is 10.0. The van der Waals surface area contributed by atoms with Crippen LogP contribution in [0.2, 0.25) is 0 Å². The summed E-state index contributed by atoms with van der Waals surface area (Å²) in [5.74, 6) is -0.787. The largest absolute Gasteiger partial charge is 0.371 e. The Kier molecular flexibility index (Phi) is 6.57. The molecule has 8 heteroatoms. The van der Waals surface area contributed by atoms with Crippen molar-refractivity contribution in [3.05, 3.63) is 59.4 Å². The van der Waals surface area contributed by atoms with Crippen molar-refractivity contribution in [3.63, 3.8) is 0 Å². The predicted octanol–water partition coefficient (Wildman–Crippen LogP) is 3.53. The molecule has 0 bridgehead atoms. The van der Waals surface area contributed by atoms with Crippen LogP contribution in [0.15, 0.2) is 47.4 Å². The molecule has 2 fully saturated rings. The van der Waals surface area contributed by atoms with Gasteiger partial charge in [0.25, 0.3) is 5.91 Å². The zero-order valence-corrected chi connectivity index (χ0v) is 18.3. The van der Waals surface area contributed by atoms with Crippen LogP contribution in [0.4, 0.5) is 10.1 Å². The summed E-state index contributed by atoms with van der Waals surface area (Å²) >= 11 is 0. The highest BCUT2D eigenvalue weighted by Gasteiger charge is 2.28. The Morgan fingerprint density at radius 3 is 2.32 bits per heavy atom. The van der Waals surface area contributed by atoms with Gasteiger partial charge in [-0.15, -0.1) is 0 Å². The molecule has 2 aliphatic heterocycles. The molecular weight excluding hydrogens is 417 g/mol. The van der Waals surface area contributed by atoms with Gasteiger partial charge in [0.15, 0.2) is 0 Å². The van der Waals surface area contributed by atoms with Crippen LogP contribution in [0.5, 0.6) is 0 Å². The van der Waals surface area contributed by atoms with Gasteiger partial charge >= 0.3 is 0 Å². The molecule has 0 unspecified atom stereocenters. The maximum absolute atomic E-state index is 13.9. The molecule has 2 heterocycles. The Morgan fingerprint density at radius 1 is 0.935 bits per heavy atom. The fourth-order valence-corrected chi connectivity index (χ4v) is 5.80. The van der Waals surface area contributed by atoms with Crippen molar-refractivity contribution >= 4 is 21.6 Å².